The van der Waals surface area contributed by atoms with Gasteiger partial charge in [0.2, 0.25) is 20.0 Å². The van der Waals surface area contributed by atoms with E-state index in [4.69, 9.17) is 11.6 Å². The zero-order chi connectivity index (χ0) is 15.2. The highest BCUT2D eigenvalue weighted by Crippen LogP contribution is 2.19. The van der Waals surface area contributed by atoms with Gasteiger partial charge in [-0.1, -0.05) is 0 Å². The van der Waals surface area contributed by atoms with Crippen molar-refractivity contribution in [2.75, 3.05) is 37.5 Å². The van der Waals surface area contributed by atoms with Crippen molar-refractivity contribution in [1.29, 1.82) is 0 Å². The maximum absolute atomic E-state index is 12.2. The van der Waals surface area contributed by atoms with Crippen LogP contribution in [0, 0.1) is 5.92 Å². The summed E-state index contributed by atoms with van der Waals surface area (Å²) in [7, 11) is -6.47. The van der Waals surface area contributed by atoms with Gasteiger partial charge in [-0.25, -0.2) is 25.9 Å². The Labute approximate surface area is 127 Å². The summed E-state index contributed by atoms with van der Waals surface area (Å²) in [6, 6.07) is 0. The largest absolute Gasteiger partial charge is 0.215 e. The van der Waals surface area contributed by atoms with E-state index in [1.54, 1.807) is 0 Å². The fourth-order valence-electron chi connectivity index (χ4n) is 2.22. The number of piperidine rings is 1. The molecule has 0 aromatic carbocycles. The second-order valence-corrected chi connectivity index (χ2v) is 9.50. The number of hydrogen-bond donors (Lipinski definition) is 1. The van der Waals surface area contributed by atoms with Crippen molar-refractivity contribution in [2.24, 2.45) is 5.92 Å². The summed E-state index contributed by atoms with van der Waals surface area (Å²) in [4.78, 5) is 0. The molecule has 6 nitrogen and oxygen atoms in total. The topological polar surface area (TPSA) is 83.6 Å². The third-order valence-corrected chi connectivity index (χ3v) is 6.18. The van der Waals surface area contributed by atoms with Gasteiger partial charge < -0.3 is 0 Å². The molecule has 1 saturated heterocycles. The molecular formula is C11H23ClN2O4S2. The normalized spacial score (nSPS) is 22.0. The van der Waals surface area contributed by atoms with Gasteiger partial charge in [0.1, 0.15) is 0 Å². The second-order valence-electron chi connectivity index (χ2n) is 5.20. The summed E-state index contributed by atoms with van der Waals surface area (Å²) < 4.78 is 50.4. The SMILES string of the molecule is CS(=O)(=O)NCC1CCCN(S(=O)(=O)CCCCCl)C1. The highest BCUT2D eigenvalue weighted by Gasteiger charge is 2.28. The Balaban J connectivity index is 2.51. The Morgan fingerprint density at radius 3 is 2.55 bits per heavy atom. The second kappa shape index (κ2) is 7.93. The summed E-state index contributed by atoms with van der Waals surface area (Å²) in [6.07, 6.45) is 3.97. The molecule has 0 spiro atoms. The predicted molar refractivity (Wildman–Crippen MR) is 80.9 cm³/mol. The highest BCUT2D eigenvalue weighted by molar-refractivity contribution is 7.89. The number of sulfonamides is 2. The van der Waals surface area contributed by atoms with Crippen LogP contribution in [0.5, 0.6) is 0 Å². The van der Waals surface area contributed by atoms with E-state index < -0.39 is 20.0 Å². The average Bonchev–Trinajstić information content (AvgIpc) is 2.36. The van der Waals surface area contributed by atoms with Crippen LogP contribution < -0.4 is 4.72 Å². The average molecular weight is 347 g/mol. The van der Waals surface area contributed by atoms with E-state index in [1.165, 1.54) is 4.31 Å². The first-order valence-electron chi connectivity index (χ1n) is 6.73. The fraction of sp³-hybridized carbons (Fsp3) is 1.00. The van der Waals surface area contributed by atoms with Gasteiger partial charge in [-0.3, -0.25) is 0 Å². The Morgan fingerprint density at radius 1 is 1.25 bits per heavy atom. The zero-order valence-corrected chi connectivity index (χ0v) is 14.1. The Bertz CT molecular complexity index is 493. The molecule has 0 aromatic rings. The molecule has 1 fully saturated rings. The number of hydrogen-bond acceptors (Lipinski definition) is 4. The van der Waals surface area contributed by atoms with Crippen LogP contribution in [-0.2, 0) is 20.0 Å². The molecule has 0 aromatic heterocycles. The summed E-state index contributed by atoms with van der Waals surface area (Å²) in [5.74, 6) is 0.629. The molecule has 0 amide bonds. The third-order valence-electron chi connectivity index (χ3n) is 3.30. The van der Waals surface area contributed by atoms with Crippen molar-refractivity contribution in [3.8, 4) is 0 Å². The van der Waals surface area contributed by atoms with Gasteiger partial charge in [-0.2, -0.15) is 0 Å². The first-order chi connectivity index (χ1) is 9.24. The van der Waals surface area contributed by atoms with Crippen molar-refractivity contribution in [1.82, 2.24) is 9.03 Å². The van der Waals surface area contributed by atoms with Crippen molar-refractivity contribution in [3.05, 3.63) is 0 Å². The van der Waals surface area contributed by atoms with Gasteiger partial charge in [-0.15, -0.1) is 11.6 Å². The standard InChI is InChI=1S/C11H23ClN2O4S2/c1-19(15,16)13-9-11-5-4-7-14(10-11)20(17,18)8-3-2-6-12/h11,13H,2-10H2,1H3. The molecule has 1 heterocycles. The lowest BCUT2D eigenvalue weighted by atomic mass is 10.0. The predicted octanol–water partition coefficient (Wildman–Crippen LogP) is 0.596. The fourth-order valence-corrected chi connectivity index (χ4v) is 4.62. The van der Waals surface area contributed by atoms with E-state index in [9.17, 15) is 16.8 Å². The van der Waals surface area contributed by atoms with Crippen molar-refractivity contribution in [3.63, 3.8) is 0 Å². The molecule has 1 aliphatic heterocycles. The first kappa shape index (κ1) is 18.2. The number of nitrogens with one attached hydrogen (secondary N) is 1. The molecule has 1 rings (SSSR count). The lowest BCUT2D eigenvalue weighted by Crippen LogP contribution is -2.44. The molecule has 20 heavy (non-hydrogen) atoms. The van der Waals surface area contributed by atoms with Gasteiger partial charge in [0.05, 0.1) is 12.0 Å². The minimum absolute atomic E-state index is 0.0428. The van der Waals surface area contributed by atoms with Crippen LogP contribution in [-0.4, -0.2) is 58.7 Å². The molecule has 1 unspecified atom stereocenters. The van der Waals surface area contributed by atoms with Crippen LogP contribution in [0.25, 0.3) is 0 Å². The van der Waals surface area contributed by atoms with E-state index in [-0.39, 0.29) is 11.7 Å². The highest BCUT2D eigenvalue weighted by atomic mass is 35.5. The van der Waals surface area contributed by atoms with E-state index in [2.05, 4.69) is 4.72 Å². The van der Waals surface area contributed by atoms with Crippen LogP contribution in [0.3, 0.4) is 0 Å². The van der Waals surface area contributed by atoms with Crippen molar-refractivity contribution < 1.29 is 16.8 Å². The molecule has 0 radical (unpaired) electrons. The zero-order valence-electron chi connectivity index (χ0n) is 11.7. The van der Waals surface area contributed by atoms with Gasteiger partial charge in [0.15, 0.2) is 0 Å². The van der Waals surface area contributed by atoms with Gasteiger partial charge >= 0.3 is 0 Å². The van der Waals surface area contributed by atoms with Crippen LogP contribution in [0.15, 0.2) is 0 Å². The van der Waals surface area contributed by atoms with Crippen molar-refractivity contribution in [2.45, 2.75) is 25.7 Å². The van der Waals surface area contributed by atoms with Crippen LogP contribution in [0.4, 0.5) is 0 Å². The molecule has 0 aliphatic carbocycles. The number of rotatable bonds is 8. The Hall–Kier alpha value is 0.110. The molecular weight excluding hydrogens is 324 g/mol. The maximum atomic E-state index is 12.2. The minimum Gasteiger partial charge on any atom is -0.215 e. The summed E-state index contributed by atoms with van der Waals surface area (Å²) >= 11 is 5.55. The van der Waals surface area contributed by atoms with E-state index in [1.807, 2.05) is 0 Å². The van der Waals surface area contributed by atoms with Crippen LogP contribution >= 0.6 is 11.6 Å². The van der Waals surface area contributed by atoms with Crippen LogP contribution in [0.1, 0.15) is 25.7 Å². The molecule has 1 aliphatic rings. The Morgan fingerprint density at radius 2 is 1.95 bits per heavy atom. The van der Waals surface area contributed by atoms with Gasteiger partial charge in [0, 0.05) is 25.5 Å². The Kier molecular flexibility index (Phi) is 7.20. The molecule has 9 heteroatoms. The molecule has 120 valence electrons. The summed E-state index contributed by atoms with van der Waals surface area (Å²) in [5, 5.41) is 0. The van der Waals surface area contributed by atoms with Gasteiger partial charge in [0.25, 0.3) is 0 Å². The molecule has 1 N–H and O–H groups in total. The van der Waals surface area contributed by atoms with E-state index in [0.29, 0.717) is 38.4 Å². The smallest absolute Gasteiger partial charge is 0.214 e. The maximum Gasteiger partial charge on any atom is 0.214 e. The molecule has 0 bridgehead atoms. The lowest BCUT2D eigenvalue weighted by Gasteiger charge is -2.31. The van der Waals surface area contributed by atoms with E-state index in [0.717, 1.165) is 19.1 Å². The summed E-state index contributed by atoms with van der Waals surface area (Å²) in [5.41, 5.74) is 0. The van der Waals surface area contributed by atoms with Crippen LogP contribution in [0.2, 0.25) is 0 Å². The lowest BCUT2D eigenvalue weighted by molar-refractivity contribution is 0.267. The third kappa shape index (κ3) is 6.71. The number of alkyl halides is 1. The summed E-state index contributed by atoms with van der Waals surface area (Å²) in [6.45, 7) is 1.22. The quantitative estimate of drug-likeness (QED) is 0.515. The molecule has 0 saturated carbocycles. The number of unbranched alkanes of at least 4 members (excludes halogenated alkanes) is 1. The number of nitrogens with zero attached hydrogens (tertiary/aromatic N) is 1. The van der Waals surface area contributed by atoms with Gasteiger partial charge in [-0.05, 0) is 31.6 Å². The minimum atomic E-state index is -3.24. The van der Waals surface area contributed by atoms with E-state index >= 15 is 0 Å². The van der Waals surface area contributed by atoms with Crippen molar-refractivity contribution >= 4 is 31.6 Å². The monoisotopic (exact) mass is 346 g/mol. The molecule has 1 atom stereocenters. The first-order valence-corrected chi connectivity index (χ1v) is 10.8. The number of halogens is 1.